The summed E-state index contributed by atoms with van der Waals surface area (Å²) in [4.78, 5) is 16.3. The van der Waals surface area contributed by atoms with Gasteiger partial charge in [-0.15, -0.1) is 0 Å². The molecule has 2 heterocycles. The van der Waals surface area contributed by atoms with Gasteiger partial charge in [0.2, 0.25) is 0 Å². The second-order valence-electron chi connectivity index (χ2n) is 8.55. The molecule has 0 bridgehead atoms. The van der Waals surface area contributed by atoms with Gasteiger partial charge in [-0.25, -0.2) is 0 Å². The molecule has 34 heavy (non-hydrogen) atoms. The minimum absolute atomic E-state index is 0.0362. The number of pyridine rings is 1. The minimum atomic E-state index is -1.05. The molecule has 1 saturated carbocycles. The first-order chi connectivity index (χ1) is 16.2. The molecular weight excluding hydrogens is 569 g/mol. The summed E-state index contributed by atoms with van der Waals surface area (Å²) in [5.74, 6) is -1.70. The van der Waals surface area contributed by atoms with E-state index in [1.807, 2.05) is 0 Å². The van der Waals surface area contributed by atoms with E-state index < -0.39 is 23.8 Å². The van der Waals surface area contributed by atoms with E-state index in [0.29, 0.717) is 34.3 Å². The van der Waals surface area contributed by atoms with Gasteiger partial charge in [-0.3, -0.25) is 0 Å². The Morgan fingerprint density at radius 1 is 1.24 bits per heavy atom. The van der Waals surface area contributed by atoms with Crippen LogP contribution < -0.4 is 19.8 Å². The monoisotopic (exact) mass is 593 g/mol. The number of halogens is 3. The molecule has 3 N–H and O–H groups in total. The quantitative estimate of drug-likeness (QED) is 0.341. The van der Waals surface area contributed by atoms with Crippen LogP contribution in [0.25, 0.3) is 4.36 Å². The number of aromatic nitrogens is 1. The van der Waals surface area contributed by atoms with Crippen molar-refractivity contribution in [1.29, 1.82) is 0 Å². The first-order valence-corrected chi connectivity index (χ1v) is 12.8. The van der Waals surface area contributed by atoms with Crippen LogP contribution >= 0.6 is 0 Å². The Labute approximate surface area is 214 Å². The van der Waals surface area contributed by atoms with Crippen LogP contribution in [0.15, 0.2) is 30.6 Å². The van der Waals surface area contributed by atoms with E-state index in [4.69, 9.17) is 0 Å². The fraction of sp³-hybridized carbons (Fsp3) is 0.391. The van der Waals surface area contributed by atoms with E-state index in [-0.39, 0.29) is 29.8 Å². The second kappa shape index (κ2) is 10.8. The Bertz CT molecular complexity index is 1110. The average molecular weight is 593 g/mol. The summed E-state index contributed by atoms with van der Waals surface area (Å²) in [5, 5.41) is 8.91. The van der Waals surface area contributed by atoms with Gasteiger partial charge < -0.3 is 0 Å². The van der Waals surface area contributed by atoms with Crippen molar-refractivity contribution in [2.24, 2.45) is 0 Å². The van der Waals surface area contributed by atoms with Crippen LogP contribution in [0.3, 0.4) is 0 Å². The number of aryl methyl sites for hydroxylation is 1. The topological polar surface area (TPSA) is 69.3 Å². The van der Waals surface area contributed by atoms with Crippen LogP contribution in [-0.4, -0.2) is 76.2 Å². The molecule has 1 aliphatic heterocycles. The Balaban J connectivity index is 1.56. The van der Waals surface area contributed by atoms with Gasteiger partial charge in [-0.1, -0.05) is 0 Å². The van der Waals surface area contributed by atoms with Crippen LogP contribution in [0.5, 0.6) is 0 Å². The Kier molecular flexibility index (Phi) is 7.96. The van der Waals surface area contributed by atoms with E-state index in [2.05, 4.69) is 54.9 Å². The number of benzene rings is 1. The molecule has 2 aliphatic rings. The molecule has 4 rings (SSSR count). The molecule has 2 aromatic rings. The first-order valence-electron chi connectivity index (χ1n) is 11.0. The number of nitrogens with zero attached hydrogens (tertiary/aromatic N) is 2. The van der Waals surface area contributed by atoms with Crippen molar-refractivity contribution >= 4 is 55.6 Å². The molecular formula is C23H24As2F3N5O. The third kappa shape index (κ3) is 5.99. The van der Waals surface area contributed by atoms with Gasteiger partial charge in [0.25, 0.3) is 0 Å². The fourth-order valence-electron chi connectivity index (χ4n) is 3.73. The maximum absolute atomic E-state index is 14.6. The molecule has 1 aromatic carbocycles. The normalized spacial score (nSPS) is 20.7. The zero-order valence-corrected chi connectivity index (χ0v) is 22.2. The van der Waals surface area contributed by atoms with Crippen LogP contribution in [0.1, 0.15) is 40.7 Å². The van der Waals surface area contributed by atoms with Gasteiger partial charge in [0.15, 0.2) is 0 Å². The van der Waals surface area contributed by atoms with Crippen molar-refractivity contribution in [3.05, 3.63) is 59.1 Å². The molecule has 0 spiro atoms. The Hall–Kier alpha value is -1.95. The predicted octanol–water partition coefficient (Wildman–Crippen LogP) is 2.73. The van der Waals surface area contributed by atoms with Crippen molar-refractivity contribution in [2.75, 3.05) is 22.2 Å². The second-order valence-corrected chi connectivity index (χ2v) is 10.5. The third-order valence-electron chi connectivity index (χ3n) is 5.81. The summed E-state index contributed by atoms with van der Waals surface area (Å²) < 4.78 is 45.3. The Morgan fingerprint density at radius 3 is 2.71 bits per heavy atom. The number of amides is 1. The molecule has 4 radical (unpaired) electrons. The van der Waals surface area contributed by atoms with Crippen LogP contribution in [0, 0.1) is 18.7 Å². The molecule has 178 valence electrons. The number of alkyl halides is 1. The third-order valence-corrected chi connectivity index (χ3v) is 7.25. The molecule has 6 nitrogen and oxygen atoms in total. The van der Waals surface area contributed by atoms with E-state index >= 15 is 0 Å². The summed E-state index contributed by atoms with van der Waals surface area (Å²) in [6, 6.07) is 4.13. The van der Waals surface area contributed by atoms with Crippen molar-refractivity contribution < 1.29 is 18.0 Å². The number of hydrogen-bond donors (Lipinski definition) is 3. The number of hydrogen-bond acceptors (Lipinski definition) is 5. The number of nitrogens with one attached hydrogen (secondary N) is 3. The van der Waals surface area contributed by atoms with Gasteiger partial charge in [0.1, 0.15) is 0 Å². The first kappa shape index (κ1) is 25.1. The summed E-state index contributed by atoms with van der Waals surface area (Å²) in [5.41, 5.74) is 1.93. The Morgan fingerprint density at radius 2 is 2.00 bits per heavy atom. The fourth-order valence-corrected chi connectivity index (χ4v) is 5.43. The summed E-state index contributed by atoms with van der Waals surface area (Å²) in [7, 11) is 0. The van der Waals surface area contributed by atoms with Crippen LogP contribution in [0.4, 0.5) is 24.5 Å². The van der Waals surface area contributed by atoms with Crippen molar-refractivity contribution in [1.82, 2.24) is 15.6 Å². The standard InChI is InChI=1S/C23H24As2F3N5O/c1-12-6-18(26)16(23(34)32-13-2-3-13)8-21(12)33(25)11-17(24)15-7-14(9-30-22(15)28)31-20-4-5-29-10-19(20)27/h6-9,11,13,19-20,29,31H,2-5,10H2,1H3,(H,32,34)/b17-11-. The van der Waals surface area contributed by atoms with Gasteiger partial charge in [-0.05, 0) is 0 Å². The SMILES string of the molecule is Cc1cc(F)c(C(=O)NC2CC2)cc1N([As])/C=C(\[As])c1cc(NC2CCNCC2F)cnc1F. The van der Waals surface area contributed by atoms with E-state index in [0.717, 1.165) is 12.8 Å². The van der Waals surface area contributed by atoms with Crippen LogP contribution in [-0.2, 0) is 0 Å². The molecule has 1 aromatic heterocycles. The number of rotatable bonds is 7. The zero-order chi connectivity index (χ0) is 24.4. The molecule has 2 unspecified atom stereocenters. The average Bonchev–Trinajstić information content (AvgIpc) is 3.60. The van der Waals surface area contributed by atoms with E-state index in [1.165, 1.54) is 18.3 Å². The zero-order valence-electron chi connectivity index (χ0n) is 18.5. The van der Waals surface area contributed by atoms with Gasteiger partial charge in [-0.2, -0.15) is 0 Å². The number of carbonyl (C=O) groups is 1. The molecule has 1 aliphatic carbocycles. The number of carbonyl (C=O) groups excluding carboxylic acids is 1. The van der Waals surface area contributed by atoms with E-state index in [9.17, 15) is 18.0 Å². The number of piperidine rings is 1. The van der Waals surface area contributed by atoms with E-state index in [1.54, 1.807) is 23.0 Å². The van der Waals surface area contributed by atoms with Crippen molar-refractivity contribution in [3.8, 4) is 0 Å². The van der Waals surface area contributed by atoms with Crippen molar-refractivity contribution in [3.63, 3.8) is 0 Å². The summed E-state index contributed by atoms with van der Waals surface area (Å²) in [6.07, 6.45) is 4.36. The maximum atomic E-state index is 14.6. The number of anilines is 2. The molecule has 11 heteroatoms. The van der Waals surface area contributed by atoms with Gasteiger partial charge >= 0.3 is 215 Å². The van der Waals surface area contributed by atoms with Crippen molar-refractivity contribution in [2.45, 2.75) is 44.4 Å². The molecule has 1 amide bonds. The molecule has 2 atom stereocenters. The van der Waals surface area contributed by atoms with Crippen LogP contribution in [0.2, 0.25) is 0 Å². The van der Waals surface area contributed by atoms with Gasteiger partial charge in [0.05, 0.1) is 0 Å². The van der Waals surface area contributed by atoms with Gasteiger partial charge in [0, 0.05) is 0 Å². The molecule has 2 fully saturated rings. The predicted molar refractivity (Wildman–Crippen MR) is 128 cm³/mol. The molecule has 1 saturated heterocycles. The summed E-state index contributed by atoms with van der Waals surface area (Å²) >= 11 is 4.58. The summed E-state index contributed by atoms with van der Waals surface area (Å²) in [6.45, 7) is 2.71.